The first-order chi connectivity index (χ1) is 17.9. The van der Waals surface area contributed by atoms with E-state index in [1.807, 2.05) is 24.3 Å². The number of rotatable bonds is 8. The topological polar surface area (TPSA) is 59.1 Å². The number of esters is 1. The number of methoxy groups -OCH3 is 1. The second kappa shape index (κ2) is 12.3. The molecule has 1 atom stereocenters. The van der Waals surface area contributed by atoms with Gasteiger partial charge in [0.05, 0.1) is 25.4 Å². The second-order valence-electron chi connectivity index (χ2n) is 8.73. The van der Waals surface area contributed by atoms with E-state index in [0.29, 0.717) is 49.9 Å². The van der Waals surface area contributed by atoms with Crippen molar-refractivity contribution in [2.75, 3.05) is 39.8 Å². The third-order valence-corrected chi connectivity index (χ3v) is 6.58. The molecule has 6 nitrogen and oxygen atoms in total. The summed E-state index contributed by atoms with van der Waals surface area (Å²) in [5.74, 6) is -2.76. The Hall–Kier alpha value is -3.33. The zero-order chi connectivity index (χ0) is 26.4. The fraction of sp³-hybridized carbons (Fsp3) is 0.286. The monoisotopic (exact) mass is 528 g/mol. The summed E-state index contributed by atoms with van der Waals surface area (Å²) in [4.78, 5) is 28.0. The highest BCUT2D eigenvalue weighted by Gasteiger charge is 2.28. The van der Waals surface area contributed by atoms with Crippen LogP contribution in [0, 0.1) is 11.6 Å². The number of amides is 1. The standard InChI is InChI=1S/C28H27ClF2N2O4/c1-36-28(35)21-7-5-19(6-8-21)18-37-25(20-9-11-22(29)12-10-20)17-32-13-15-33(16-14-32)27(34)26-23(30)3-2-4-24(26)31/h2-12,25H,13-18H2,1H3/t25-/m1/s1. The largest absolute Gasteiger partial charge is 0.465 e. The molecule has 3 aromatic carbocycles. The van der Waals surface area contributed by atoms with E-state index in [1.165, 1.54) is 18.1 Å². The van der Waals surface area contributed by atoms with Crippen molar-refractivity contribution < 1.29 is 27.8 Å². The minimum atomic E-state index is -0.858. The lowest BCUT2D eigenvalue weighted by atomic mass is 10.1. The Morgan fingerprint density at radius 3 is 2.14 bits per heavy atom. The van der Waals surface area contributed by atoms with Gasteiger partial charge in [-0.05, 0) is 47.5 Å². The molecule has 1 amide bonds. The molecule has 3 aromatic rings. The molecule has 0 bridgehead atoms. The van der Waals surface area contributed by atoms with Gasteiger partial charge in [-0.2, -0.15) is 0 Å². The first kappa shape index (κ1) is 26.7. The van der Waals surface area contributed by atoms with Crippen LogP contribution in [0.3, 0.4) is 0 Å². The Bertz CT molecular complexity index is 1210. The van der Waals surface area contributed by atoms with Gasteiger partial charge in [-0.1, -0.05) is 41.9 Å². The molecule has 0 radical (unpaired) electrons. The maximum absolute atomic E-state index is 14.1. The van der Waals surface area contributed by atoms with Gasteiger partial charge in [0.15, 0.2) is 0 Å². The van der Waals surface area contributed by atoms with E-state index in [9.17, 15) is 18.4 Å². The normalized spacial score (nSPS) is 14.9. The maximum atomic E-state index is 14.1. The van der Waals surface area contributed by atoms with E-state index < -0.39 is 29.1 Å². The number of ether oxygens (including phenoxy) is 2. The zero-order valence-corrected chi connectivity index (χ0v) is 21.1. The third-order valence-electron chi connectivity index (χ3n) is 6.33. The van der Waals surface area contributed by atoms with Crippen molar-refractivity contribution in [1.82, 2.24) is 9.80 Å². The number of carbonyl (C=O) groups is 2. The number of nitrogens with zero attached hydrogens (tertiary/aromatic N) is 2. The third kappa shape index (κ3) is 6.71. The number of piperazine rings is 1. The summed E-state index contributed by atoms with van der Waals surface area (Å²) in [5.41, 5.74) is 1.79. The molecule has 37 heavy (non-hydrogen) atoms. The predicted molar refractivity (Wildman–Crippen MR) is 135 cm³/mol. The Morgan fingerprint density at radius 1 is 0.919 bits per heavy atom. The molecule has 1 aliphatic heterocycles. The quantitative estimate of drug-likeness (QED) is 0.380. The van der Waals surface area contributed by atoms with Crippen LogP contribution in [-0.2, 0) is 16.1 Å². The number of hydrogen-bond donors (Lipinski definition) is 0. The van der Waals surface area contributed by atoms with Gasteiger partial charge in [0.2, 0.25) is 0 Å². The second-order valence-corrected chi connectivity index (χ2v) is 9.17. The van der Waals surface area contributed by atoms with Gasteiger partial charge in [0, 0.05) is 37.7 Å². The van der Waals surface area contributed by atoms with Crippen LogP contribution >= 0.6 is 11.6 Å². The Balaban J connectivity index is 1.40. The van der Waals surface area contributed by atoms with Crippen molar-refractivity contribution >= 4 is 23.5 Å². The van der Waals surface area contributed by atoms with Crippen molar-refractivity contribution in [3.8, 4) is 0 Å². The molecule has 0 unspecified atom stereocenters. The van der Waals surface area contributed by atoms with E-state index in [2.05, 4.69) is 4.90 Å². The van der Waals surface area contributed by atoms with E-state index >= 15 is 0 Å². The summed E-state index contributed by atoms with van der Waals surface area (Å²) in [6.45, 7) is 2.62. The Morgan fingerprint density at radius 2 is 1.54 bits per heavy atom. The molecule has 0 N–H and O–H groups in total. The first-order valence-electron chi connectivity index (χ1n) is 11.9. The van der Waals surface area contributed by atoms with Gasteiger partial charge in [0.1, 0.15) is 17.2 Å². The van der Waals surface area contributed by atoms with Gasteiger partial charge in [-0.15, -0.1) is 0 Å². The number of benzene rings is 3. The maximum Gasteiger partial charge on any atom is 0.337 e. The molecular formula is C28H27ClF2N2O4. The van der Waals surface area contributed by atoms with Crippen LogP contribution in [0.5, 0.6) is 0 Å². The molecule has 9 heteroatoms. The molecule has 1 aliphatic rings. The Kier molecular flexibility index (Phi) is 8.87. The van der Waals surface area contributed by atoms with Crippen molar-refractivity contribution in [2.24, 2.45) is 0 Å². The lowest BCUT2D eigenvalue weighted by Crippen LogP contribution is -2.50. The van der Waals surface area contributed by atoms with Crippen LogP contribution in [0.1, 0.15) is 37.9 Å². The molecular weight excluding hydrogens is 502 g/mol. The van der Waals surface area contributed by atoms with Crippen molar-refractivity contribution in [3.05, 3.63) is 106 Å². The predicted octanol–water partition coefficient (Wildman–Crippen LogP) is 5.12. The molecule has 0 aromatic heterocycles. The fourth-order valence-corrected chi connectivity index (χ4v) is 4.34. The van der Waals surface area contributed by atoms with Crippen LogP contribution < -0.4 is 0 Å². The lowest BCUT2D eigenvalue weighted by molar-refractivity contribution is 0.00332. The van der Waals surface area contributed by atoms with E-state index in [0.717, 1.165) is 23.3 Å². The van der Waals surface area contributed by atoms with Crippen LogP contribution in [0.2, 0.25) is 5.02 Å². The van der Waals surface area contributed by atoms with Gasteiger partial charge >= 0.3 is 5.97 Å². The minimum absolute atomic E-state index is 0.288. The van der Waals surface area contributed by atoms with Crippen molar-refractivity contribution in [2.45, 2.75) is 12.7 Å². The van der Waals surface area contributed by atoms with E-state index in [-0.39, 0.29) is 6.10 Å². The highest BCUT2D eigenvalue weighted by molar-refractivity contribution is 6.30. The van der Waals surface area contributed by atoms with Crippen LogP contribution in [0.4, 0.5) is 8.78 Å². The summed E-state index contributed by atoms with van der Waals surface area (Å²) in [5, 5.41) is 0.619. The molecule has 194 valence electrons. The number of halogens is 3. The van der Waals surface area contributed by atoms with Crippen molar-refractivity contribution in [1.29, 1.82) is 0 Å². The SMILES string of the molecule is COC(=O)c1ccc(CO[C@H](CN2CCN(C(=O)c3c(F)cccc3F)CC2)c2ccc(Cl)cc2)cc1. The average molecular weight is 529 g/mol. The van der Waals surface area contributed by atoms with Crippen LogP contribution in [0.25, 0.3) is 0 Å². The summed E-state index contributed by atoms with van der Waals surface area (Å²) in [6.07, 6.45) is -0.288. The molecule has 0 saturated carbocycles. The van der Waals surface area contributed by atoms with E-state index in [1.54, 1.807) is 24.3 Å². The summed E-state index contributed by atoms with van der Waals surface area (Å²) in [6, 6.07) is 17.9. The van der Waals surface area contributed by atoms with Gasteiger partial charge in [-0.25, -0.2) is 13.6 Å². The van der Waals surface area contributed by atoms with Gasteiger partial charge in [0.25, 0.3) is 5.91 Å². The van der Waals surface area contributed by atoms with Gasteiger partial charge in [-0.3, -0.25) is 9.69 Å². The van der Waals surface area contributed by atoms with Crippen LogP contribution in [0.15, 0.2) is 66.7 Å². The first-order valence-corrected chi connectivity index (χ1v) is 12.2. The smallest absolute Gasteiger partial charge is 0.337 e. The molecule has 1 heterocycles. The molecule has 4 rings (SSSR count). The highest BCUT2D eigenvalue weighted by Crippen LogP contribution is 2.24. The molecule has 0 spiro atoms. The molecule has 0 aliphatic carbocycles. The zero-order valence-electron chi connectivity index (χ0n) is 20.3. The lowest BCUT2D eigenvalue weighted by Gasteiger charge is -2.36. The van der Waals surface area contributed by atoms with Crippen LogP contribution in [-0.4, -0.2) is 61.5 Å². The fourth-order valence-electron chi connectivity index (χ4n) is 4.21. The van der Waals surface area contributed by atoms with Crippen molar-refractivity contribution in [3.63, 3.8) is 0 Å². The number of carbonyl (C=O) groups excluding carboxylic acids is 2. The minimum Gasteiger partial charge on any atom is -0.465 e. The van der Waals surface area contributed by atoms with E-state index in [4.69, 9.17) is 21.1 Å². The molecule has 1 fully saturated rings. The average Bonchev–Trinajstić information content (AvgIpc) is 2.91. The van der Waals surface area contributed by atoms with Gasteiger partial charge < -0.3 is 14.4 Å². The summed E-state index contributed by atoms with van der Waals surface area (Å²) in [7, 11) is 1.34. The summed E-state index contributed by atoms with van der Waals surface area (Å²) >= 11 is 6.07. The Labute approximate surface area is 219 Å². The summed E-state index contributed by atoms with van der Waals surface area (Å²) < 4.78 is 39.2. The highest BCUT2D eigenvalue weighted by atomic mass is 35.5. The number of hydrogen-bond acceptors (Lipinski definition) is 5. The molecule has 1 saturated heterocycles.